The number of nitrogen functional groups attached to an aromatic ring is 1. The van der Waals surface area contributed by atoms with Crippen LogP contribution in [0, 0.1) is 0 Å². The quantitative estimate of drug-likeness (QED) is 0.878. The Morgan fingerprint density at radius 2 is 2.12 bits per heavy atom. The minimum absolute atomic E-state index is 0.126. The van der Waals surface area contributed by atoms with E-state index in [1.54, 1.807) is 23.1 Å². The molecule has 92 valence electrons. The lowest BCUT2D eigenvalue weighted by Gasteiger charge is -2.13. The Morgan fingerprint density at radius 1 is 1.35 bits per heavy atom. The normalized spacial score (nSPS) is 11.9. The first-order valence-corrected chi connectivity index (χ1v) is 7.80. The second-order valence-electron chi connectivity index (χ2n) is 4.59. The molecule has 4 nitrogen and oxygen atoms in total. The first-order chi connectivity index (χ1) is 7.95. The smallest absolute Gasteiger partial charge is 0.203 e. The number of nitrogens with two attached hydrogens (primary N) is 1. The van der Waals surface area contributed by atoms with Crippen LogP contribution >= 0.6 is 34.4 Å². The van der Waals surface area contributed by atoms with E-state index in [0.717, 1.165) is 15.8 Å². The highest BCUT2D eigenvalue weighted by atomic mass is 32.2. The molecule has 0 amide bonds. The number of thiazole rings is 1. The van der Waals surface area contributed by atoms with E-state index in [1.807, 2.05) is 0 Å². The van der Waals surface area contributed by atoms with Crippen molar-refractivity contribution in [2.24, 2.45) is 0 Å². The predicted molar refractivity (Wildman–Crippen MR) is 74.7 cm³/mol. The van der Waals surface area contributed by atoms with Gasteiger partial charge >= 0.3 is 0 Å². The van der Waals surface area contributed by atoms with Gasteiger partial charge in [0.2, 0.25) is 5.13 Å². The molecule has 0 spiro atoms. The minimum atomic E-state index is 0.126. The summed E-state index contributed by atoms with van der Waals surface area (Å²) in [5, 5.41) is 11.5. The Morgan fingerprint density at radius 3 is 2.65 bits per heavy atom. The van der Waals surface area contributed by atoms with Crippen LogP contribution in [0.15, 0.2) is 9.72 Å². The molecule has 0 radical (unpaired) electrons. The van der Waals surface area contributed by atoms with Crippen molar-refractivity contribution in [3.05, 3.63) is 16.1 Å². The van der Waals surface area contributed by atoms with E-state index in [9.17, 15) is 0 Å². The first-order valence-electron chi connectivity index (χ1n) is 5.12. The van der Waals surface area contributed by atoms with Crippen LogP contribution in [-0.4, -0.2) is 15.2 Å². The van der Waals surface area contributed by atoms with Gasteiger partial charge in [-0.15, -0.1) is 21.5 Å². The molecule has 0 aliphatic carbocycles. The Bertz CT molecular complexity index is 498. The molecule has 0 atom stereocenters. The molecule has 2 N–H and O–H groups in total. The molecular formula is C10H14N4S3. The first kappa shape index (κ1) is 12.8. The lowest BCUT2D eigenvalue weighted by atomic mass is 9.98. The predicted octanol–water partition coefficient (Wildman–Crippen LogP) is 3.17. The monoisotopic (exact) mass is 286 g/mol. The second kappa shape index (κ2) is 4.91. The fraction of sp³-hybridized carbons (Fsp3) is 0.500. The Kier molecular flexibility index (Phi) is 3.70. The average Bonchev–Trinajstić information content (AvgIpc) is 2.82. The van der Waals surface area contributed by atoms with Gasteiger partial charge in [0.05, 0.1) is 10.7 Å². The molecule has 17 heavy (non-hydrogen) atoms. The highest BCUT2D eigenvalue weighted by molar-refractivity contribution is 8.00. The van der Waals surface area contributed by atoms with Crippen molar-refractivity contribution < 1.29 is 0 Å². The van der Waals surface area contributed by atoms with Gasteiger partial charge < -0.3 is 5.73 Å². The lowest BCUT2D eigenvalue weighted by Crippen LogP contribution is -2.10. The van der Waals surface area contributed by atoms with Crippen molar-refractivity contribution in [3.63, 3.8) is 0 Å². The largest absolute Gasteiger partial charge is 0.374 e. The van der Waals surface area contributed by atoms with Crippen LogP contribution in [0.4, 0.5) is 5.13 Å². The Labute approximate surface area is 113 Å². The number of rotatable bonds is 3. The number of hydrogen-bond donors (Lipinski definition) is 1. The molecule has 2 aromatic rings. The Balaban J connectivity index is 1.98. The molecule has 0 saturated carbocycles. The molecule has 0 fully saturated rings. The average molecular weight is 286 g/mol. The molecule has 7 heteroatoms. The fourth-order valence-electron chi connectivity index (χ4n) is 1.13. The summed E-state index contributed by atoms with van der Waals surface area (Å²) >= 11 is 4.76. The number of nitrogens with zero attached hydrogens (tertiary/aromatic N) is 3. The highest BCUT2D eigenvalue weighted by Crippen LogP contribution is 2.30. The van der Waals surface area contributed by atoms with E-state index < -0.39 is 0 Å². The van der Waals surface area contributed by atoms with Gasteiger partial charge in [-0.05, 0) is 0 Å². The van der Waals surface area contributed by atoms with E-state index in [1.165, 1.54) is 16.3 Å². The minimum Gasteiger partial charge on any atom is -0.374 e. The maximum Gasteiger partial charge on any atom is 0.203 e. The van der Waals surface area contributed by atoms with Crippen LogP contribution in [0.2, 0.25) is 0 Å². The highest BCUT2D eigenvalue weighted by Gasteiger charge is 2.18. The van der Waals surface area contributed by atoms with Gasteiger partial charge in [0.15, 0.2) is 4.34 Å². The summed E-state index contributed by atoms with van der Waals surface area (Å²) in [5.41, 5.74) is 6.75. The topological polar surface area (TPSA) is 64.7 Å². The summed E-state index contributed by atoms with van der Waals surface area (Å²) in [6.45, 7) is 6.52. The molecule has 0 unspecified atom stereocenters. The molecule has 2 aromatic heterocycles. The van der Waals surface area contributed by atoms with Gasteiger partial charge in [-0.2, -0.15) is 0 Å². The van der Waals surface area contributed by atoms with Crippen molar-refractivity contribution in [2.45, 2.75) is 36.3 Å². The molecular weight excluding hydrogens is 272 g/mol. The fourth-order valence-corrected chi connectivity index (χ4v) is 3.67. The van der Waals surface area contributed by atoms with Gasteiger partial charge in [-0.1, -0.05) is 43.9 Å². The summed E-state index contributed by atoms with van der Waals surface area (Å²) < 4.78 is 0.896. The molecule has 0 saturated heterocycles. The summed E-state index contributed by atoms with van der Waals surface area (Å²) in [5.74, 6) is 0.821. The van der Waals surface area contributed by atoms with Gasteiger partial charge in [0, 0.05) is 16.5 Å². The van der Waals surface area contributed by atoms with Crippen LogP contribution in [0.25, 0.3) is 0 Å². The SMILES string of the molecule is CC(C)(C)c1nc(CSc2nnc(N)s2)cs1. The van der Waals surface area contributed by atoms with Crippen LogP contribution in [0.5, 0.6) is 0 Å². The standard InChI is InChI=1S/C10H14N4S3/c1-10(2,3)7-12-6(4-15-7)5-16-9-14-13-8(11)17-9/h4H,5H2,1-3H3,(H2,11,13). The molecule has 0 bridgehead atoms. The van der Waals surface area contributed by atoms with Crippen LogP contribution in [0.1, 0.15) is 31.5 Å². The number of thioether (sulfide) groups is 1. The molecule has 2 heterocycles. The van der Waals surface area contributed by atoms with E-state index in [0.29, 0.717) is 5.13 Å². The summed E-state index contributed by atoms with van der Waals surface area (Å²) in [7, 11) is 0. The van der Waals surface area contributed by atoms with E-state index in [-0.39, 0.29) is 5.41 Å². The summed E-state index contributed by atoms with van der Waals surface area (Å²) in [6, 6.07) is 0. The van der Waals surface area contributed by atoms with Gasteiger partial charge in [0.1, 0.15) is 0 Å². The summed E-state index contributed by atoms with van der Waals surface area (Å²) in [4.78, 5) is 4.63. The Hall–Kier alpha value is -0.660. The zero-order valence-corrected chi connectivity index (χ0v) is 12.4. The number of aromatic nitrogens is 3. The van der Waals surface area contributed by atoms with Gasteiger partial charge in [0.25, 0.3) is 0 Å². The molecule has 0 aliphatic rings. The van der Waals surface area contributed by atoms with E-state index >= 15 is 0 Å². The van der Waals surface area contributed by atoms with Crippen LogP contribution in [0.3, 0.4) is 0 Å². The van der Waals surface area contributed by atoms with E-state index in [2.05, 4.69) is 41.3 Å². The van der Waals surface area contributed by atoms with Gasteiger partial charge in [-0.3, -0.25) is 0 Å². The van der Waals surface area contributed by atoms with Crippen molar-refractivity contribution in [3.8, 4) is 0 Å². The second-order valence-corrected chi connectivity index (χ2v) is 7.68. The number of anilines is 1. The van der Waals surface area contributed by atoms with Gasteiger partial charge in [-0.25, -0.2) is 4.98 Å². The van der Waals surface area contributed by atoms with Crippen LogP contribution in [-0.2, 0) is 11.2 Å². The van der Waals surface area contributed by atoms with Crippen molar-refractivity contribution in [1.82, 2.24) is 15.2 Å². The number of hydrogen-bond acceptors (Lipinski definition) is 7. The molecule has 2 rings (SSSR count). The third-order valence-electron chi connectivity index (χ3n) is 1.96. The maximum absolute atomic E-state index is 5.53. The van der Waals surface area contributed by atoms with Crippen molar-refractivity contribution in [1.29, 1.82) is 0 Å². The zero-order chi connectivity index (χ0) is 12.5. The zero-order valence-electron chi connectivity index (χ0n) is 9.93. The van der Waals surface area contributed by atoms with E-state index in [4.69, 9.17) is 5.73 Å². The van der Waals surface area contributed by atoms with Crippen molar-refractivity contribution in [2.75, 3.05) is 5.73 Å². The lowest BCUT2D eigenvalue weighted by molar-refractivity contribution is 0.584. The maximum atomic E-state index is 5.53. The third-order valence-corrected chi connectivity index (χ3v) is 5.20. The summed E-state index contributed by atoms with van der Waals surface area (Å²) in [6.07, 6.45) is 0. The van der Waals surface area contributed by atoms with Crippen LogP contribution < -0.4 is 5.73 Å². The molecule has 0 aromatic carbocycles. The third kappa shape index (κ3) is 3.40. The molecule has 0 aliphatic heterocycles. The van der Waals surface area contributed by atoms with Crippen molar-refractivity contribution >= 4 is 39.6 Å².